The minimum absolute atomic E-state index is 0.0243. The second-order valence-corrected chi connectivity index (χ2v) is 9.43. The number of nitrogens with one attached hydrogen (secondary N) is 1. The summed E-state index contributed by atoms with van der Waals surface area (Å²) in [6.07, 6.45) is 0. The second-order valence-electron chi connectivity index (χ2n) is 3.83. The van der Waals surface area contributed by atoms with Crippen molar-refractivity contribution in [2.45, 2.75) is 4.21 Å². The minimum Gasteiger partial charge on any atom is -0.478 e. The molecule has 1 heterocycles. The molecule has 112 valence electrons. The SMILES string of the molecule is O=C(O)c1cc(Br)cc(NS(=O)(=O)c2cc(Cl)c(Br)s2)c1. The molecular formula is C11H6Br2ClNO4S2. The highest BCUT2D eigenvalue weighted by Gasteiger charge is 2.20. The number of rotatable bonds is 4. The van der Waals surface area contributed by atoms with Gasteiger partial charge in [0.15, 0.2) is 0 Å². The summed E-state index contributed by atoms with van der Waals surface area (Å²) < 4.78 is 27.7. The normalized spacial score (nSPS) is 11.4. The highest BCUT2D eigenvalue weighted by Crippen LogP contribution is 2.35. The lowest BCUT2D eigenvalue weighted by atomic mass is 10.2. The minimum atomic E-state index is -3.83. The molecule has 0 saturated heterocycles. The summed E-state index contributed by atoms with van der Waals surface area (Å²) in [5.74, 6) is -1.15. The van der Waals surface area contributed by atoms with Crippen LogP contribution < -0.4 is 4.72 Å². The van der Waals surface area contributed by atoms with E-state index in [0.29, 0.717) is 13.3 Å². The van der Waals surface area contributed by atoms with Crippen LogP contribution in [-0.4, -0.2) is 19.5 Å². The molecule has 0 unspecified atom stereocenters. The van der Waals surface area contributed by atoms with Gasteiger partial charge in [0, 0.05) is 4.47 Å². The van der Waals surface area contributed by atoms with E-state index in [2.05, 4.69) is 36.6 Å². The lowest BCUT2D eigenvalue weighted by molar-refractivity contribution is 0.0697. The van der Waals surface area contributed by atoms with Crippen LogP contribution in [0.1, 0.15) is 10.4 Å². The molecule has 0 aliphatic heterocycles. The van der Waals surface area contributed by atoms with Crippen molar-refractivity contribution >= 4 is 76.5 Å². The maximum Gasteiger partial charge on any atom is 0.335 e. The van der Waals surface area contributed by atoms with Gasteiger partial charge in [-0.2, -0.15) is 0 Å². The Morgan fingerprint density at radius 1 is 1.24 bits per heavy atom. The van der Waals surface area contributed by atoms with E-state index in [4.69, 9.17) is 16.7 Å². The van der Waals surface area contributed by atoms with Gasteiger partial charge in [-0.05, 0) is 40.2 Å². The predicted octanol–water partition coefficient (Wildman–Crippen LogP) is 4.43. The summed E-state index contributed by atoms with van der Waals surface area (Å²) in [5, 5.41) is 9.26. The number of carboxylic acid groups (broad SMARTS) is 1. The van der Waals surface area contributed by atoms with Crippen LogP contribution in [0.25, 0.3) is 0 Å². The number of carboxylic acids is 1. The first-order valence-electron chi connectivity index (χ1n) is 5.20. The van der Waals surface area contributed by atoms with E-state index in [9.17, 15) is 13.2 Å². The maximum atomic E-state index is 12.2. The van der Waals surface area contributed by atoms with Gasteiger partial charge >= 0.3 is 5.97 Å². The number of hydrogen-bond donors (Lipinski definition) is 2. The molecule has 0 aliphatic carbocycles. The van der Waals surface area contributed by atoms with E-state index in [-0.39, 0.29) is 15.5 Å². The average molecular weight is 476 g/mol. The number of thiophene rings is 1. The van der Waals surface area contributed by atoms with Crippen molar-refractivity contribution in [3.63, 3.8) is 0 Å². The van der Waals surface area contributed by atoms with Crippen molar-refractivity contribution < 1.29 is 18.3 Å². The summed E-state index contributed by atoms with van der Waals surface area (Å²) in [6.45, 7) is 0. The van der Waals surface area contributed by atoms with Crippen LogP contribution in [0.3, 0.4) is 0 Å². The summed E-state index contributed by atoms with van der Waals surface area (Å²) >= 11 is 13.1. The van der Waals surface area contributed by atoms with E-state index in [0.717, 1.165) is 11.3 Å². The number of anilines is 1. The molecule has 0 saturated carbocycles. The van der Waals surface area contributed by atoms with Crippen LogP contribution in [0.15, 0.2) is 36.7 Å². The van der Waals surface area contributed by atoms with Gasteiger partial charge in [0.05, 0.1) is 20.1 Å². The molecule has 10 heteroatoms. The molecule has 2 aromatic rings. The number of sulfonamides is 1. The average Bonchev–Trinajstić information content (AvgIpc) is 2.69. The topological polar surface area (TPSA) is 83.5 Å². The number of halogens is 3. The first-order chi connectivity index (χ1) is 9.69. The van der Waals surface area contributed by atoms with Gasteiger partial charge in [-0.3, -0.25) is 4.72 Å². The fourth-order valence-electron chi connectivity index (χ4n) is 1.44. The summed E-state index contributed by atoms with van der Waals surface area (Å²) in [4.78, 5) is 11.0. The van der Waals surface area contributed by atoms with Crippen LogP contribution >= 0.6 is 54.8 Å². The van der Waals surface area contributed by atoms with E-state index < -0.39 is 16.0 Å². The van der Waals surface area contributed by atoms with E-state index in [1.807, 2.05) is 0 Å². The third-order valence-corrected chi connectivity index (χ3v) is 7.07. The van der Waals surface area contributed by atoms with Crippen LogP contribution in [-0.2, 0) is 10.0 Å². The first-order valence-corrected chi connectivity index (χ1v) is 9.47. The third kappa shape index (κ3) is 3.98. The molecule has 21 heavy (non-hydrogen) atoms. The Morgan fingerprint density at radius 2 is 1.90 bits per heavy atom. The van der Waals surface area contributed by atoms with Crippen LogP contribution in [0.4, 0.5) is 5.69 Å². The van der Waals surface area contributed by atoms with Gasteiger partial charge < -0.3 is 5.11 Å². The Kier molecular flexibility index (Phi) is 4.99. The number of carbonyl (C=O) groups is 1. The molecule has 0 spiro atoms. The van der Waals surface area contributed by atoms with Gasteiger partial charge in [-0.25, -0.2) is 13.2 Å². The van der Waals surface area contributed by atoms with Crippen LogP contribution in [0.5, 0.6) is 0 Å². The summed E-state index contributed by atoms with van der Waals surface area (Å²) in [6, 6.07) is 5.39. The molecular weight excluding hydrogens is 470 g/mol. The number of benzene rings is 1. The maximum absolute atomic E-state index is 12.2. The fraction of sp³-hybridized carbons (Fsp3) is 0. The van der Waals surface area contributed by atoms with Gasteiger partial charge in [0.25, 0.3) is 10.0 Å². The van der Waals surface area contributed by atoms with Gasteiger partial charge in [-0.15, -0.1) is 11.3 Å². The van der Waals surface area contributed by atoms with Crippen molar-refractivity contribution in [3.05, 3.63) is 43.1 Å². The molecule has 1 aromatic heterocycles. The zero-order valence-electron chi connectivity index (χ0n) is 9.93. The highest BCUT2D eigenvalue weighted by atomic mass is 79.9. The lowest BCUT2D eigenvalue weighted by Crippen LogP contribution is -2.12. The van der Waals surface area contributed by atoms with E-state index in [1.54, 1.807) is 0 Å². The highest BCUT2D eigenvalue weighted by molar-refractivity contribution is 9.11. The molecule has 2 rings (SSSR count). The van der Waals surface area contributed by atoms with Crippen LogP contribution in [0.2, 0.25) is 5.02 Å². The van der Waals surface area contributed by atoms with E-state index >= 15 is 0 Å². The van der Waals surface area contributed by atoms with Gasteiger partial charge in [-0.1, -0.05) is 27.5 Å². The monoisotopic (exact) mass is 473 g/mol. The summed E-state index contributed by atoms with van der Waals surface area (Å²) in [5.41, 5.74) is 0.106. The van der Waals surface area contributed by atoms with Crippen molar-refractivity contribution in [2.24, 2.45) is 0 Å². The van der Waals surface area contributed by atoms with Gasteiger partial charge in [0.2, 0.25) is 0 Å². The quantitative estimate of drug-likeness (QED) is 0.686. The largest absolute Gasteiger partial charge is 0.478 e. The molecule has 0 amide bonds. The van der Waals surface area contributed by atoms with Crippen molar-refractivity contribution in [2.75, 3.05) is 4.72 Å². The van der Waals surface area contributed by atoms with Crippen molar-refractivity contribution in [3.8, 4) is 0 Å². The Balaban J connectivity index is 2.39. The number of hydrogen-bond acceptors (Lipinski definition) is 4. The molecule has 0 radical (unpaired) electrons. The van der Waals surface area contributed by atoms with Gasteiger partial charge in [0.1, 0.15) is 4.21 Å². The Morgan fingerprint density at radius 3 is 2.43 bits per heavy atom. The molecule has 0 fully saturated rings. The van der Waals surface area contributed by atoms with Crippen molar-refractivity contribution in [1.82, 2.24) is 0 Å². The smallest absolute Gasteiger partial charge is 0.335 e. The number of aromatic carboxylic acids is 1. The molecule has 2 N–H and O–H groups in total. The first kappa shape index (κ1) is 16.8. The zero-order chi connectivity index (χ0) is 15.8. The molecule has 0 atom stereocenters. The van der Waals surface area contributed by atoms with Crippen LogP contribution in [0, 0.1) is 0 Å². The second kappa shape index (κ2) is 6.25. The predicted molar refractivity (Wildman–Crippen MR) is 88.9 cm³/mol. The van der Waals surface area contributed by atoms with E-state index in [1.165, 1.54) is 24.3 Å². The molecule has 1 aromatic carbocycles. The Hall–Kier alpha value is -0.610. The lowest BCUT2D eigenvalue weighted by Gasteiger charge is -2.07. The fourth-order valence-corrected chi connectivity index (χ4v) is 5.37. The zero-order valence-corrected chi connectivity index (χ0v) is 15.5. The Labute approximate surface area is 146 Å². The Bertz CT molecular complexity index is 800. The summed E-state index contributed by atoms with van der Waals surface area (Å²) in [7, 11) is -3.83. The third-order valence-electron chi connectivity index (χ3n) is 2.28. The standard InChI is InChI=1S/C11H6Br2ClNO4S2/c12-6-1-5(11(16)17)2-7(3-6)15-21(18,19)9-4-8(14)10(13)20-9/h1-4,15H,(H,16,17). The molecule has 5 nitrogen and oxygen atoms in total. The van der Waals surface area contributed by atoms with Crippen molar-refractivity contribution in [1.29, 1.82) is 0 Å². The molecule has 0 bridgehead atoms. The molecule has 0 aliphatic rings.